The monoisotopic (exact) mass is 391 g/mol. The Labute approximate surface area is 162 Å². The topological polar surface area (TPSA) is 89.4 Å². The molecule has 0 radical (unpaired) electrons. The normalized spacial score (nSPS) is 17.1. The molecule has 3 heterocycles. The number of ether oxygens (including phenoxy) is 1. The van der Waals surface area contributed by atoms with Crippen molar-refractivity contribution in [2.75, 3.05) is 31.1 Å². The average Bonchev–Trinajstić information content (AvgIpc) is 3.05. The molecule has 27 heavy (non-hydrogen) atoms. The van der Waals surface area contributed by atoms with Gasteiger partial charge in [0, 0.05) is 32.7 Å². The molecule has 0 aromatic carbocycles. The maximum atomic E-state index is 12.4. The molecule has 9 heteroatoms. The number of nitrogens with one attached hydrogen (secondary N) is 1. The molecule has 1 N–H and O–H groups in total. The molecule has 0 spiro atoms. The Morgan fingerprint density at radius 1 is 1.48 bits per heavy atom. The summed E-state index contributed by atoms with van der Waals surface area (Å²) < 4.78 is 7.12. The van der Waals surface area contributed by atoms with Gasteiger partial charge in [0.15, 0.2) is 0 Å². The van der Waals surface area contributed by atoms with E-state index in [-0.39, 0.29) is 17.6 Å². The zero-order valence-electron chi connectivity index (χ0n) is 15.9. The number of thiazole rings is 1. The second-order valence-electron chi connectivity index (χ2n) is 6.53. The van der Waals surface area contributed by atoms with Gasteiger partial charge in [0.25, 0.3) is 11.5 Å². The fourth-order valence-corrected chi connectivity index (χ4v) is 3.92. The summed E-state index contributed by atoms with van der Waals surface area (Å²) in [4.78, 5) is 31.3. The summed E-state index contributed by atoms with van der Waals surface area (Å²) in [6, 6.07) is 1.59. The minimum Gasteiger partial charge on any atom is -0.374 e. The van der Waals surface area contributed by atoms with Crippen LogP contribution in [0.3, 0.4) is 0 Å². The maximum Gasteiger partial charge on any atom is 0.268 e. The van der Waals surface area contributed by atoms with Crippen LogP contribution in [0.4, 0.5) is 5.69 Å². The highest BCUT2D eigenvalue weighted by Crippen LogP contribution is 2.19. The molecule has 1 saturated heterocycles. The summed E-state index contributed by atoms with van der Waals surface area (Å²) in [6.45, 7) is 6.41. The van der Waals surface area contributed by atoms with E-state index in [1.807, 2.05) is 13.8 Å². The Morgan fingerprint density at radius 2 is 2.30 bits per heavy atom. The molecule has 2 aromatic heterocycles. The van der Waals surface area contributed by atoms with Crippen molar-refractivity contribution in [1.82, 2.24) is 20.1 Å². The summed E-state index contributed by atoms with van der Waals surface area (Å²) in [6.07, 6.45) is 3.24. The van der Waals surface area contributed by atoms with Crippen LogP contribution in [0, 0.1) is 6.92 Å². The van der Waals surface area contributed by atoms with Gasteiger partial charge in [-0.05, 0) is 19.8 Å². The first-order valence-corrected chi connectivity index (χ1v) is 9.94. The van der Waals surface area contributed by atoms with Gasteiger partial charge >= 0.3 is 0 Å². The Morgan fingerprint density at radius 3 is 3.00 bits per heavy atom. The van der Waals surface area contributed by atoms with Crippen LogP contribution in [0.25, 0.3) is 0 Å². The van der Waals surface area contributed by atoms with Crippen molar-refractivity contribution in [3.05, 3.63) is 38.2 Å². The van der Waals surface area contributed by atoms with Gasteiger partial charge in [-0.1, -0.05) is 6.92 Å². The SMILES string of the molecule is CCc1nc(C)c(C(=O)NCCC2CN(c3cnn(C)c(=O)c3)CCO2)s1. The number of morpholine rings is 1. The van der Waals surface area contributed by atoms with E-state index in [1.165, 1.54) is 16.0 Å². The van der Waals surface area contributed by atoms with Crippen LogP contribution in [0.2, 0.25) is 0 Å². The molecule has 1 unspecified atom stereocenters. The number of rotatable bonds is 6. The van der Waals surface area contributed by atoms with Gasteiger partial charge in [-0.15, -0.1) is 11.3 Å². The van der Waals surface area contributed by atoms with Crippen LogP contribution in [0.1, 0.15) is 33.7 Å². The molecular weight excluding hydrogens is 366 g/mol. The maximum absolute atomic E-state index is 12.4. The van der Waals surface area contributed by atoms with E-state index in [2.05, 4.69) is 20.3 Å². The number of nitrogens with zero attached hydrogens (tertiary/aromatic N) is 4. The molecule has 2 aromatic rings. The highest BCUT2D eigenvalue weighted by molar-refractivity contribution is 7.13. The lowest BCUT2D eigenvalue weighted by Gasteiger charge is -2.34. The predicted molar refractivity (Wildman–Crippen MR) is 105 cm³/mol. The second-order valence-corrected chi connectivity index (χ2v) is 7.62. The third-order valence-corrected chi connectivity index (χ3v) is 5.86. The minimum absolute atomic E-state index is 0.00290. The molecule has 1 aliphatic rings. The third-order valence-electron chi connectivity index (χ3n) is 4.56. The van der Waals surface area contributed by atoms with E-state index in [0.717, 1.165) is 29.4 Å². The van der Waals surface area contributed by atoms with Crippen molar-refractivity contribution in [2.45, 2.75) is 32.8 Å². The third kappa shape index (κ3) is 4.72. The lowest BCUT2D eigenvalue weighted by atomic mass is 10.2. The molecule has 0 saturated carbocycles. The number of hydrogen-bond acceptors (Lipinski definition) is 7. The summed E-state index contributed by atoms with van der Waals surface area (Å²) in [5, 5.41) is 8.02. The molecule has 1 atom stereocenters. The van der Waals surface area contributed by atoms with Crippen molar-refractivity contribution >= 4 is 22.9 Å². The van der Waals surface area contributed by atoms with Crippen LogP contribution in [0.5, 0.6) is 0 Å². The second kappa shape index (κ2) is 8.62. The average molecular weight is 391 g/mol. The standard InChI is InChI=1S/C18H25N5O3S/c1-4-15-21-12(2)17(27-15)18(25)19-6-5-14-11-23(7-8-26-14)13-9-16(24)22(3)20-10-13/h9-10,14H,4-8,11H2,1-3H3,(H,19,25). The van der Waals surface area contributed by atoms with Crippen LogP contribution in [0.15, 0.2) is 17.1 Å². The van der Waals surface area contributed by atoms with E-state index in [9.17, 15) is 9.59 Å². The molecule has 0 aliphatic carbocycles. The Kier molecular flexibility index (Phi) is 6.22. The van der Waals surface area contributed by atoms with Crippen LogP contribution >= 0.6 is 11.3 Å². The Balaban J connectivity index is 1.52. The zero-order chi connectivity index (χ0) is 19.4. The van der Waals surface area contributed by atoms with E-state index >= 15 is 0 Å². The predicted octanol–water partition coefficient (Wildman–Crippen LogP) is 1.13. The summed E-state index contributed by atoms with van der Waals surface area (Å²) >= 11 is 1.45. The number of aromatic nitrogens is 3. The van der Waals surface area contributed by atoms with Crippen LogP contribution in [-0.2, 0) is 18.2 Å². The van der Waals surface area contributed by atoms with E-state index in [1.54, 1.807) is 19.3 Å². The molecule has 3 rings (SSSR count). The van der Waals surface area contributed by atoms with Crippen molar-refractivity contribution in [1.29, 1.82) is 0 Å². The van der Waals surface area contributed by atoms with Crippen molar-refractivity contribution in [2.24, 2.45) is 7.05 Å². The quantitative estimate of drug-likeness (QED) is 0.794. The van der Waals surface area contributed by atoms with Gasteiger partial charge in [-0.2, -0.15) is 5.10 Å². The van der Waals surface area contributed by atoms with Gasteiger partial charge in [0.1, 0.15) is 4.88 Å². The summed E-state index contributed by atoms with van der Waals surface area (Å²) in [5.41, 5.74) is 1.46. The van der Waals surface area contributed by atoms with Gasteiger partial charge in [0.2, 0.25) is 0 Å². The largest absolute Gasteiger partial charge is 0.374 e. The first-order chi connectivity index (χ1) is 13.0. The van der Waals surface area contributed by atoms with Crippen LogP contribution < -0.4 is 15.8 Å². The lowest BCUT2D eigenvalue weighted by Crippen LogP contribution is -2.44. The minimum atomic E-state index is -0.130. The first kappa shape index (κ1) is 19.5. The number of anilines is 1. The fourth-order valence-electron chi connectivity index (χ4n) is 3.00. The van der Waals surface area contributed by atoms with Gasteiger partial charge in [-0.3, -0.25) is 9.59 Å². The first-order valence-electron chi connectivity index (χ1n) is 9.12. The molecular formula is C18H25N5O3S. The summed E-state index contributed by atoms with van der Waals surface area (Å²) in [7, 11) is 1.63. The Hall–Kier alpha value is -2.26. The van der Waals surface area contributed by atoms with Crippen LogP contribution in [-0.4, -0.2) is 53.0 Å². The number of aryl methyl sites for hydroxylation is 3. The van der Waals surface area contributed by atoms with Crippen molar-refractivity contribution in [3.63, 3.8) is 0 Å². The molecule has 8 nitrogen and oxygen atoms in total. The smallest absolute Gasteiger partial charge is 0.268 e. The van der Waals surface area contributed by atoms with Crippen molar-refractivity contribution in [3.8, 4) is 0 Å². The van der Waals surface area contributed by atoms with Gasteiger partial charge < -0.3 is 15.0 Å². The lowest BCUT2D eigenvalue weighted by molar-refractivity contribution is 0.0353. The van der Waals surface area contributed by atoms with Gasteiger partial charge in [-0.25, -0.2) is 9.67 Å². The molecule has 1 fully saturated rings. The Bertz CT molecular complexity index is 863. The highest BCUT2D eigenvalue weighted by Gasteiger charge is 2.22. The van der Waals surface area contributed by atoms with E-state index in [4.69, 9.17) is 4.74 Å². The molecule has 146 valence electrons. The van der Waals surface area contributed by atoms with Gasteiger partial charge in [0.05, 0.1) is 35.3 Å². The zero-order valence-corrected chi connectivity index (χ0v) is 16.7. The summed E-state index contributed by atoms with van der Waals surface area (Å²) in [5.74, 6) is -0.0758. The molecule has 1 amide bonds. The number of amides is 1. The highest BCUT2D eigenvalue weighted by atomic mass is 32.1. The van der Waals surface area contributed by atoms with E-state index < -0.39 is 0 Å². The molecule has 0 bridgehead atoms. The number of hydrogen-bond donors (Lipinski definition) is 1. The fraction of sp³-hybridized carbons (Fsp3) is 0.556. The molecule has 1 aliphatic heterocycles. The van der Waals surface area contributed by atoms with E-state index in [0.29, 0.717) is 31.0 Å². The number of carbonyl (C=O) groups is 1. The van der Waals surface area contributed by atoms with Crippen molar-refractivity contribution < 1.29 is 9.53 Å². The number of carbonyl (C=O) groups excluding carboxylic acids is 1.